The molecule has 146 valence electrons. The molecule has 0 atom stereocenters. The first kappa shape index (κ1) is 21.0. The molecule has 0 aromatic heterocycles. The molecule has 0 saturated carbocycles. The molecule has 0 saturated heterocycles. The molecule has 2 aromatic carbocycles. The maximum absolute atomic E-state index is 6.09. The van der Waals surface area contributed by atoms with Crippen molar-refractivity contribution in [1.82, 2.24) is 5.32 Å². The molecule has 0 aliphatic carbocycles. The molecule has 3 heteroatoms. The van der Waals surface area contributed by atoms with E-state index in [1.54, 1.807) is 0 Å². The van der Waals surface area contributed by atoms with Gasteiger partial charge in [-0.2, -0.15) is 0 Å². The minimum Gasteiger partial charge on any atom is -0.490 e. The summed E-state index contributed by atoms with van der Waals surface area (Å²) in [5.74, 6) is 0.944. The summed E-state index contributed by atoms with van der Waals surface area (Å²) in [5.41, 5.74) is 6.26. The topological polar surface area (TPSA) is 33.3 Å². The lowest BCUT2D eigenvalue weighted by Crippen LogP contribution is -2.14. The van der Waals surface area contributed by atoms with Crippen molar-refractivity contribution in [2.24, 2.45) is 0 Å². The highest BCUT2D eigenvalue weighted by atomic mass is 16.5. The average molecular weight is 367 g/mol. The Morgan fingerprint density at radius 3 is 2.44 bits per heavy atom. The van der Waals surface area contributed by atoms with E-state index in [4.69, 9.17) is 4.74 Å². The Morgan fingerprint density at radius 1 is 0.963 bits per heavy atom. The summed E-state index contributed by atoms with van der Waals surface area (Å²) in [6.45, 7) is 10.2. The molecular formula is C24H34N2O. The molecule has 27 heavy (non-hydrogen) atoms. The van der Waals surface area contributed by atoms with E-state index >= 15 is 0 Å². The first-order chi connectivity index (χ1) is 13.2. The molecule has 0 amide bonds. The quantitative estimate of drug-likeness (QED) is 0.683. The van der Waals surface area contributed by atoms with Crippen molar-refractivity contribution in [1.29, 1.82) is 0 Å². The molecule has 3 rings (SSSR count). The molecule has 2 aromatic rings. The summed E-state index contributed by atoms with van der Waals surface area (Å²) in [5, 5.41) is 6.87. The minimum absolute atomic E-state index is 0.151. The number of anilines is 1. The zero-order chi connectivity index (χ0) is 19.6. The molecule has 0 unspecified atom stereocenters. The number of hydrogen-bond acceptors (Lipinski definition) is 3. The van der Waals surface area contributed by atoms with E-state index in [0.29, 0.717) is 0 Å². The van der Waals surface area contributed by atoms with Crippen LogP contribution in [0.1, 0.15) is 46.1 Å². The molecular weight excluding hydrogens is 332 g/mol. The highest BCUT2D eigenvalue weighted by Crippen LogP contribution is 2.40. The van der Waals surface area contributed by atoms with Gasteiger partial charge in [0, 0.05) is 23.9 Å². The fraction of sp³-hybridized carbons (Fsp3) is 0.417. The van der Waals surface area contributed by atoms with Crippen LogP contribution >= 0.6 is 0 Å². The van der Waals surface area contributed by atoms with Crippen LogP contribution in [0.2, 0.25) is 0 Å². The molecule has 2 N–H and O–H groups in total. The fourth-order valence-electron chi connectivity index (χ4n) is 3.40. The van der Waals surface area contributed by atoms with Gasteiger partial charge in [0.15, 0.2) is 0 Å². The van der Waals surface area contributed by atoms with Crippen LogP contribution in [0.5, 0.6) is 5.75 Å². The molecule has 1 aliphatic heterocycles. The van der Waals surface area contributed by atoms with Crippen molar-refractivity contribution in [2.45, 2.75) is 46.6 Å². The van der Waals surface area contributed by atoms with Gasteiger partial charge in [-0.1, -0.05) is 50.3 Å². The van der Waals surface area contributed by atoms with E-state index in [-0.39, 0.29) is 6.10 Å². The maximum atomic E-state index is 6.09. The maximum Gasteiger partial charge on any atom is 0.127 e. The number of benzene rings is 2. The van der Waals surface area contributed by atoms with Crippen LogP contribution in [0.25, 0.3) is 16.7 Å². The Kier molecular flexibility index (Phi) is 8.41. The highest BCUT2D eigenvalue weighted by molar-refractivity contribution is 5.90. The summed E-state index contributed by atoms with van der Waals surface area (Å²) in [7, 11) is 1.99. The number of nitrogens with one attached hydrogen (secondary N) is 2. The van der Waals surface area contributed by atoms with Gasteiger partial charge in [-0.3, -0.25) is 0 Å². The van der Waals surface area contributed by atoms with Crippen molar-refractivity contribution in [3.05, 3.63) is 54.1 Å². The van der Waals surface area contributed by atoms with Gasteiger partial charge in [0.05, 0.1) is 6.10 Å². The summed E-state index contributed by atoms with van der Waals surface area (Å²) >= 11 is 0. The van der Waals surface area contributed by atoms with E-state index in [9.17, 15) is 0 Å². The first-order valence-corrected chi connectivity index (χ1v) is 10.2. The lowest BCUT2D eigenvalue weighted by Gasteiger charge is -2.20. The van der Waals surface area contributed by atoms with Gasteiger partial charge in [-0.15, -0.1) is 0 Å². The lowest BCUT2D eigenvalue weighted by molar-refractivity contribution is 0.243. The Morgan fingerprint density at radius 2 is 1.70 bits per heavy atom. The smallest absolute Gasteiger partial charge is 0.127 e. The second-order valence-electron chi connectivity index (χ2n) is 6.66. The Balaban J connectivity index is 0.00000126. The first-order valence-electron chi connectivity index (χ1n) is 10.2. The van der Waals surface area contributed by atoms with Crippen molar-refractivity contribution < 1.29 is 4.74 Å². The van der Waals surface area contributed by atoms with Gasteiger partial charge in [0.2, 0.25) is 0 Å². The predicted molar refractivity (Wildman–Crippen MR) is 119 cm³/mol. The van der Waals surface area contributed by atoms with Gasteiger partial charge in [0.25, 0.3) is 0 Å². The Labute approximate surface area is 164 Å². The lowest BCUT2D eigenvalue weighted by atomic mass is 9.90. The third-order valence-electron chi connectivity index (χ3n) is 4.48. The predicted octanol–water partition coefficient (Wildman–Crippen LogP) is 5.98. The van der Waals surface area contributed by atoms with Crippen LogP contribution in [-0.4, -0.2) is 26.2 Å². The van der Waals surface area contributed by atoms with Crippen LogP contribution in [0.15, 0.2) is 48.5 Å². The second kappa shape index (κ2) is 10.8. The van der Waals surface area contributed by atoms with E-state index in [1.807, 2.05) is 27.0 Å². The van der Waals surface area contributed by atoms with Crippen LogP contribution in [0.4, 0.5) is 5.69 Å². The third kappa shape index (κ3) is 5.36. The molecule has 3 nitrogen and oxygen atoms in total. The average Bonchev–Trinajstić information content (AvgIpc) is 2.98. The summed E-state index contributed by atoms with van der Waals surface area (Å²) < 4.78 is 6.09. The number of rotatable bonds is 5. The molecule has 0 bridgehead atoms. The van der Waals surface area contributed by atoms with Gasteiger partial charge in [-0.05, 0) is 63.0 Å². The van der Waals surface area contributed by atoms with Crippen molar-refractivity contribution >= 4 is 11.3 Å². The van der Waals surface area contributed by atoms with E-state index in [1.165, 1.54) is 22.4 Å². The van der Waals surface area contributed by atoms with Gasteiger partial charge < -0.3 is 15.4 Å². The van der Waals surface area contributed by atoms with Crippen LogP contribution in [0, 0.1) is 0 Å². The monoisotopic (exact) mass is 366 g/mol. The minimum atomic E-state index is 0.151. The van der Waals surface area contributed by atoms with Crippen LogP contribution in [-0.2, 0) is 0 Å². The van der Waals surface area contributed by atoms with E-state index in [0.717, 1.165) is 37.2 Å². The van der Waals surface area contributed by atoms with E-state index < -0.39 is 0 Å². The molecule has 0 spiro atoms. The third-order valence-corrected chi connectivity index (χ3v) is 4.48. The van der Waals surface area contributed by atoms with E-state index in [2.05, 4.69) is 67.0 Å². The summed E-state index contributed by atoms with van der Waals surface area (Å²) in [6, 6.07) is 14.8. The zero-order valence-corrected chi connectivity index (χ0v) is 17.4. The molecule has 1 heterocycles. The normalized spacial score (nSPS) is 13.9. The fourth-order valence-corrected chi connectivity index (χ4v) is 3.40. The summed E-state index contributed by atoms with van der Waals surface area (Å²) in [4.78, 5) is 0. The number of ether oxygens (including phenoxy) is 1. The summed E-state index contributed by atoms with van der Waals surface area (Å²) in [6.07, 6.45) is 4.64. The number of para-hydroxylation sites is 1. The van der Waals surface area contributed by atoms with Crippen LogP contribution in [0.3, 0.4) is 0 Å². The van der Waals surface area contributed by atoms with Crippen LogP contribution < -0.4 is 15.4 Å². The second-order valence-corrected chi connectivity index (χ2v) is 6.66. The van der Waals surface area contributed by atoms with Gasteiger partial charge in [-0.25, -0.2) is 0 Å². The largest absolute Gasteiger partial charge is 0.490 e. The Bertz CT molecular complexity index is 750. The highest BCUT2D eigenvalue weighted by Gasteiger charge is 2.17. The molecule has 0 radical (unpaired) electrons. The number of hydrogen-bond donors (Lipinski definition) is 2. The van der Waals surface area contributed by atoms with Crippen molar-refractivity contribution in [2.75, 3.05) is 25.5 Å². The SMILES string of the molecule is CC.CNc1cccc(-c2ccccc2OC(C)C)c1C1=CCCNCC1. The van der Waals surface area contributed by atoms with Gasteiger partial charge >= 0.3 is 0 Å². The molecule has 1 aliphatic rings. The standard InChI is InChI=1S/C22H28N2O.C2H6/c1-16(2)25-21-12-5-4-9-18(21)19-10-6-11-20(23-3)22(19)17-8-7-14-24-15-13-17;1-2/h4-6,8-12,16,23-24H,7,13-15H2,1-3H3;1-2H3. The molecule has 0 fully saturated rings. The zero-order valence-electron chi connectivity index (χ0n) is 17.4. The van der Waals surface area contributed by atoms with Gasteiger partial charge in [0.1, 0.15) is 5.75 Å². The van der Waals surface area contributed by atoms with Crippen molar-refractivity contribution in [3.63, 3.8) is 0 Å². The van der Waals surface area contributed by atoms with Crippen molar-refractivity contribution in [3.8, 4) is 16.9 Å². The Hall–Kier alpha value is -2.26.